The summed E-state index contributed by atoms with van der Waals surface area (Å²) in [7, 11) is 3.78. The maximum absolute atomic E-state index is 10.9. The van der Waals surface area contributed by atoms with Crippen LogP contribution in [0, 0.1) is 10.1 Å². The predicted molar refractivity (Wildman–Crippen MR) is 72.2 cm³/mol. The van der Waals surface area contributed by atoms with Gasteiger partial charge in [-0.3, -0.25) is 10.1 Å². The zero-order valence-electron chi connectivity index (χ0n) is 10.4. The summed E-state index contributed by atoms with van der Waals surface area (Å²) in [6.45, 7) is 9.39. The smallest absolute Gasteiger partial charge is 0.270 e. The first-order valence-corrected chi connectivity index (χ1v) is 5.16. The van der Waals surface area contributed by atoms with E-state index in [0.29, 0.717) is 0 Å². The Kier molecular flexibility index (Phi) is 3.68. The minimum Gasteiger partial charge on any atom is -0.377 e. The second kappa shape index (κ2) is 4.82. The maximum Gasteiger partial charge on any atom is 0.270 e. The number of hydrogen-bond donors (Lipinski definition) is 0. The lowest BCUT2D eigenvalue weighted by atomic mass is 10.00. The highest BCUT2D eigenvalue weighted by molar-refractivity contribution is 5.83. The Morgan fingerprint density at radius 3 is 2.41 bits per heavy atom. The van der Waals surface area contributed by atoms with E-state index in [4.69, 9.17) is 0 Å². The van der Waals surface area contributed by atoms with Gasteiger partial charge in [0.1, 0.15) is 0 Å². The standard InChI is InChI=1S/C13H16N2O2/c1-6-10-7-11(15(16)17)8-12(9(2)3)13(10)14(4)5/h6-8H,1-2H2,3-5H3. The molecule has 0 heterocycles. The molecule has 1 rings (SSSR count). The highest BCUT2D eigenvalue weighted by Crippen LogP contribution is 2.33. The summed E-state index contributed by atoms with van der Waals surface area (Å²) in [6, 6.07) is 3.07. The van der Waals surface area contributed by atoms with Crippen LogP contribution in [-0.2, 0) is 0 Å². The van der Waals surface area contributed by atoms with Crippen molar-refractivity contribution in [2.45, 2.75) is 6.92 Å². The predicted octanol–water partition coefficient (Wildman–Crippen LogP) is 3.34. The Balaban J connectivity index is 3.63. The molecule has 0 aliphatic rings. The van der Waals surface area contributed by atoms with Crippen LogP contribution in [-0.4, -0.2) is 19.0 Å². The Morgan fingerprint density at radius 1 is 1.47 bits per heavy atom. The number of anilines is 1. The summed E-state index contributed by atoms with van der Waals surface area (Å²) in [4.78, 5) is 12.4. The van der Waals surface area contributed by atoms with E-state index in [0.717, 1.165) is 22.4 Å². The lowest BCUT2D eigenvalue weighted by Crippen LogP contribution is -2.13. The Morgan fingerprint density at radius 2 is 2.06 bits per heavy atom. The number of nitrogens with zero attached hydrogens (tertiary/aromatic N) is 2. The van der Waals surface area contributed by atoms with Gasteiger partial charge in [-0.15, -0.1) is 0 Å². The van der Waals surface area contributed by atoms with E-state index >= 15 is 0 Å². The van der Waals surface area contributed by atoms with Gasteiger partial charge in [0.05, 0.1) is 10.6 Å². The van der Waals surface area contributed by atoms with Crippen LogP contribution in [0.4, 0.5) is 11.4 Å². The van der Waals surface area contributed by atoms with Gasteiger partial charge < -0.3 is 4.90 Å². The van der Waals surface area contributed by atoms with Crippen LogP contribution in [0.1, 0.15) is 18.1 Å². The summed E-state index contributed by atoms with van der Waals surface area (Å²) < 4.78 is 0. The van der Waals surface area contributed by atoms with Crippen LogP contribution in [0.2, 0.25) is 0 Å². The topological polar surface area (TPSA) is 46.4 Å². The van der Waals surface area contributed by atoms with E-state index < -0.39 is 4.92 Å². The normalized spacial score (nSPS) is 9.82. The van der Waals surface area contributed by atoms with Crippen LogP contribution >= 0.6 is 0 Å². The molecule has 0 unspecified atom stereocenters. The molecule has 0 saturated carbocycles. The van der Waals surface area contributed by atoms with Crippen molar-refractivity contribution in [1.82, 2.24) is 0 Å². The molecular formula is C13H16N2O2. The van der Waals surface area contributed by atoms with Gasteiger partial charge in [0, 0.05) is 37.4 Å². The molecule has 0 bridgehead atoms. The minimum absolute atomic E-state index is 0.0588. The Labute approximate surface area is 101 Å². The summed E-state index contributed by atoms with van der Waals surface area (Å²) in [6.07, 6.45) is 1.62. The molecule has 0 aromatic heterocycles. The summed E-state index contributed by atoms with van der Waals surface area (Å²) in [5.74, 6) is 0. The van der Waals surface area contributed by atoms with E-state index in [2.05, 4.69) is 13.2 Å². The van der Waals surface area contributed by atoms with Gasteiger partial charge in [0.2, 0.25) is 0 Å². The lowest BCUT2D eigenvalue weighted by Gasteiger charge is -2.20. The van der Waals surface area contributed by atoms with Gasteiger partial charge in [0.15, 0.2) is 0 Å². The van der Waals surface area contributed by atoms with Crippen molar-refractivity contribution >= 4 is 23.0 Å². The monoisotopic (exact) mass is 232 g/mol. The van der Waals surface area contributed by atoms with E-state index in [1.807, 2.05) is 25.9 Å². The van der Waals surface area contributed by atoms with Crippen molar-refractivity contribution in [2.75, 3.05) is 19.0 Å². The van der Waals surface area contributed by atoms with Gasteiger partial charge in [-0.2, -0.15) is 0 Å². The number of rotatable bonds is 4. The van der Waals surface area contributed by atoms with Crippen LogP contribution in [0.3, 0.4) is 0 Å². The van der Waals surface area contributed by atoms with Gasteiger partial charge >= 0.3 is 0 Å². The fourth-order valence-electron chi connectivity index (χ4n) is 1.73. The number of nitro benzene ring substituents is 1. The molecule has 0 fully saturated rings. The number of non-ortho nitro benzene ring substituents is 1. The fraction of sp³-hybridized carbons (Fsp3) is 0.231. The highest BCUT2D eigenvalue weighted by Gasteiger charge is 2.16. The largest absolute Gasteiger partial charge is 0.377 e. The molecule has 4 nitrogen and oxygen atoms in total. The molecule has 0 atom stereocenters. The van der Waals surface area contributed by atoms with Crippen molar-refractivity contribution in [3.8, 4) is 0 Å². The molecule has 0 aliphatic heterocycles. The minimum atomic E-state index is -0.404. The van der Waals surface area contributed by atoms with E-state index in [9.17, 15) is 10.1 Å². The Bertz CT molecular complexity index is 490. The summed E-state index contributed by atoms with van der Waals surface area (Å²) >= 11 is 0. The third-order valence-electron chi connectivity index (χ3n) is 2.46. The van der Waals surface area contributed by atoms with Crippen LogP contribution in [0.25, 0.3) is 11.6 Å². The zero-order valence-corrected chi connectivity index (χ0v) is 10.4. The number of allylic oxidation sites excluding steroid dienone is 1. The van der Waals surface area contributed by atoms with Crippen LogP contribution < -0.4 is 4.90 Å². The molecule has 1 aromatic rings. The molecule has 0 spiro atoms. The molecular weight excluding hydrogens is 216 g/mol. The first kappa shape index (κ1) is 13.0. The van der Waals surface area contributed by atoms with Gasteiger partial charge in [-0.05, 0) is 12.5 Å². The van der Waals surface area contributed by atoms with Crippen molar-refractivity contribution in [1.29, 1.82) is 0 Å². The third-order valence-corrected chi connectivity index (χ3v) is 2.46. The molecule has 90 valence electrons. The van der Waals surface area contributed by atoms with Crippen molar-refractivity contribution in [3.63, 3.8) is 0 Å². The molecule has 0 amide bonds. The second-order valence-electron chi connectivity index (χ2n) is 4.07. The quantitative estimate of drug-likeness (QED) is 0.590. The fourth-order valence-corrected chi connectivity index (χ4v) is 1.73. The van der Waals surface area contributed by atoms with Crippen molar-refractivity contribution in [2.24, 2.45) is 0 Å². The van der Waals surface area contributed by atoms with Crippen LogP contribution in [0.5, 0.6) is 0 Å². The summed E-state index contributed by atoms with van der Waals surface area (Å²) in [5, 5.41) is 10.9. The SMILES string of the molecule is C=Cc1cc([N+](=O)[O-])cc(C(=C)C)c1N(C)C. The van der Waals surface area contributed by atoms with E-state index in [1.165, 1.54) is 6.07 Å². The maximum atomic E-state index is 10.9. The van der Waals surface area contributed by atoms with Crippen molar-refractivity contribution in [3.05, 3.63) is 46.5 Å². The first-order chi connectivity index (χ1) is 7.88. The summed E-state index contributed by atoms with van der Waals surface area (Å²) in [5.41, 5.74) is 3.27. The van der Waals surface area contributed by atoms with Crippen LogP contribution in [0.15, 0.2) is 25.3 Å². The third kappa shape index (κ3) is 2.53. The van der Waals surface area contributed by atoms with E-state index in [1.54, 1.807) is 12.1 Å². The average Bonchev–Trinajstić information content (AvgIpc) is 2.26. The lowest BCUT2D eigenvalue weighted by molar-refractivity contribution is -0.384. The zero-order chi connectivity index (χ0) is 13.2. The molecule has 0 N–H and O–H groups in total. The molecule has 1 aromatic carbocycles. The van der Waals surface area contributed by atoms with Gasteiger partial charge in [0.25, 0.3) is 5.69 Å². The van der Waals surface area contributed by atoms with Crippen molar-refractivity contribution < 1.29 is 4.92 Å². The Hall–Kier alpha value is -2.10. The number of nitro groups is 1. The molecule has 0 radical (unpaired) electrons. The molecule has 0 saturated heterocycles. The second-order valence-corrected chi connectivity index (χ2v) is 4.07. The number of hydrogen-bond acceptors (Lipinski definition) is 3. The molecule has 17 heavy (non-hydrogen) atoms. The highest BCUT2D eigenvalue weighted by atomic mass is 16.6. The van der Waals surface area contributed by atoms with E-state index in [-0.39, 0.29) is 5.69 Å². The molecule has 4 heteroatoms. The van der Waals surface area contributed by atoms with Gasteiger partial charge in [-0.1, -0.05) is 19.2 Å². The first-order valence-electron chi connectivity index (χ1n) is 5.16. The number of benzene rings is 1. The average molecular weight is 232 g/mol. The molecule has 0 aliphatic carbocycles. The van der Waals surface area contributed by atoms with Gasteiger partial charge in [-0.25, -0.2) is 0 Å².